The van der Waals surface area contributed by atoms with Crippen LogP contribution in [0.15, 0.2) is 30.3 Å². The number of nitrogens with zero attached hydrogens (tertiary/aromatic N) is 2. The van der Waals surface area contributed by atoms with E-state index in [4.69, 9.17) is 9.72 Å². The summed E-state index contributed by atoms with van der Waals surface area (Å²) in [7, 11) is 2.13. The predicted molar refractivity (Wildman–Crippen MR) is 93.6 cm³/mol. The van der Waals surface area contributed by atoms with Gasteiger partial charge in [-0.2, -0.15) is 0 Å². The molecule has 0 saturated heterocycles. The summed E-state index contributed by atoms with van der Waals surface area (Å²) in [6.07, 6.45) is 4.55. The molecule has 0 aliphatic carbocycles. The van der Waals surface area contributed by atoms with Crippen molar-refractivity contribution in [1.82, 2.24) is 9.88 Å². The lowest BCUT2D eigenvalue weighted by Crippen LogP contribution is -2.25. The highest BCUT2D eigenvalue weighted by Gasteiger charge is 2.07. The molecule has 120 valence electrons. The lowest BCUT2D eigenvalue weighted by molar-refractivity contribution is 0.233. The second-order valence-electron chi connectivity index (χ2n) is 5.90. The van der Waals surface area contributed by atoms with Crippen LogP contribution in [0.4, 0.5) is 0 Å². The molecule has 0 bridgehead atoms. The third-order valence-electron chi connectivity index (χ3n) is 3.86. The molecule has 3 nitrogen and oxygen atoms in total. The summed E-state index contributed by atoms with van der Waals surface area (Å²) in [5.74, 6) is 0.786. The molecule has 22 heavy (non-hydrogen) atoms. The van der Waals surface area contributed by atoms with Gasteiger partial charge in [0, 0.05) is 17.6 Å². The van der Waals surface area contributed by atoms with Crippen molar-refractivity contribution in [3.8, 4) is 5.88 Å². The Morgan fingerprint density at radius 3 is 2.68 bits per heavy atom. The van der Waals surface area contributed by atoms with Gasteiger partial charge in [0.2, 0.25) is 5.88 Å². The van der Waals surface area contributed by atoms with Crippen molar-refractivity contribution in [1.29, 1.82) is 0 Å². The summed E-state index contributed by atoms with van der Waals surface area (Å²) >= 11 is 0. The van der Waals surface area contributed by atoms with Crippen molar-refractivity contribution >= 4 is 10.8 Å². The maximum Gasteiger partial charge on any atom is 0.221 e. The minimum Gasteiger partial charge on any atom is -0.476 e. The van der Waals surface area contributed by atoms with Gasteiger partial charge in [-0.3, -0.25) is 0 Å². The van der Waals surface area contributed by atoms with Crippen LogP contribution in [-0.2, 0) is 6.42 Å². The molecule has 1 aromatic carbocycles. The fraction of sp³-hybridized carbons (Fsp3) is 0.526. The van der Waals surface area contributed by atoms with Crippen LogP contribution in [0.1, 0.15) is 38.8 Å². The van der Waals surface area contributed by atoms with Gasteiger partial charge >= 0.3 is 0 Å². The van der Waals surface area contributed by atoms with Gasteiger partial charge in [0.25, 0.3) is 0 Å². The number of likely N-dealkylation sites (N-methyl/N-ethyl adjacent to an activating group) is 1. The Bertz CT molecular complexity index is 583. The maximum atomic E-state index is 6.00. The number of benzene rings is 1. The van der Waals surface area contributed by atoms with E-state index in [-0.39, 0.29) is 0 Å². The molecular weight excluding hydrogens is 272 g/mol. The molecule has 0 spiro atoms. The zero-order chi connectivity index (χ0) is 15.8. The molecule has 0 aliphatic heterocycles. The normalized spacial score (nSPS) is 11.3. The van der Waals surface area contributed by atoms with Gasteiger partial charge < -0.3 is 9.64 Å². The molecule has 2 aromatic rings. The monoisotopic (exact) mass is 300 g/mol. The number of unbranched alkanes of at least 4 members (excludes halogenated alkanes) is 1. The highest BCUT2D eigenvalue weighted by Crippen LogP contribution is 2.25. The summed E-state index contributed by atoms with van der Waals surface area (Å²) in [5.41, 5.74) is 1.14. The van der Waals surface area contributed by atoms with Gasteiger partial charge in [0.15, 0.2) is 0 Å². The first kappa shape index (κ1) is 16.8. The van der Waals surface area contributed by atoms with Crippen LogP contribution >= 0.6 is 0 Å². The van der Waals surface area contributed by atoms with Gasteiger partial charge in [0.05, 0.1) is 0 Å². The third kappa shape index (κ3) is 4.70. The Labute approximate surface area is 134 Å². The van der Waals surface area contributed by atoms with E-state index in [1.165, 1.54) is 24.6 Å². The molecule has 0 saturated carbocycles. The molecule has 0 radical (unpaired) electrons. The SMILES string of the molecule is CCCCc1cc2ccccc2c(OCCN(C)CCC)n1. The minimum absolute atomic E-state index is 0.685. The second-order valence-corrected chi connectivity index (χ2v) is 5.90. The van der Waals surface area contributed by atoms with Crippen molar-refractivity contribution < 1.29 is 4.74 Å². The van der Waals surface area contributed by atoms with E-state index in [1.54, 1.807) is 0 Å². The lowest BCUT2D eigenvalue weighted by atomic mass is 10.1. The number of rotatable bonds is 9. The average molecular weight is 300 g/mol. The van der Waals surface area contributed by atoms with Crippen molar-refractivity contribution in [3.05, 3.63) is 36.0 Å². The van der Waals surface area contributed by atoms with E-state index in [1.807, 2.05) is 6.07 Å². The summed E-state index contributed by atoms with van der Waals surface area (Å²) in [4.78, 5) is 7.04. The summed E-state index contributed by atoms with van der Waals surface area (Å²) in [5, 5.41) is 2.33. The van der Waals surface area contributed by atoms with E-state index >= 15 is 0 Å². The fourth-order valence-electron chi connectivity index (χ4n) is 2.61. The maximum absolute atomic E-state index is 6.00. The molecule has 0 N–H and O–H groups in total. The number of hydrogen-bond acceptors (Lipinski definition) is 3. The van der Waals surface area contributed by atoms with Crippen LogP contribution in [0.25, 0.3) is 10.8 Å². The molecule has 0 unspecified atom stereocenters. The first-order valence-electron chi connectivity index (χ1n) is 8.44. The van der Waals surface area contributed by atoms with Crippen LogP contribution in [-0.4, -0.2) is 36.6 Å². The van der Waals surface area contributed by atoms with Crippen LogP contribution in [0.5, 0.6) is 5.88 Å². The first-order chi connectivity index (χ1) is 10.7. The van der Waals surface area contributed by atoms with Gasteiger partial charge in [-0.15, -0.1) is 0 Å². The molecule has 0 amide bonds. The Morgan fingerprint density at radius 1 is 1.09 bits per heavy atom. The van der Waals surface area contributed by atoms with E-state index in [2.05, 4.69) is 50.1 Å². The Hall–Kier alpha value is -1.61. The molecule has 1 heterocycles. The molecular formula is C19H28N2O. The fourth-order valence-corrected chi connectivity index (χ4v) is 2.61. The van der Waals surface area contributed by atoms with Crippen LogP contribution in [0.2, 0.25) is 0 Å². The smallest absolute Gasteiger partial charge is 0.221 e. The van der Waals surface area contributed by atoms with Gasteiger partial charge in [0.1, 0.15) is 6.61 Å². The summed E-state index contributed by atoms with van der Waals surface area (Å²) in [6.45, 7) is 7.13. The minimum atomic E-state index is 0.685. The molecule has 3 heteroatoms. The third-order valence-corrected chi connectivity index (χ3v) is 3.86. The zero-order valence-corrected chi connectivity index (χ0v) is 14.1. The van der Waals surface area contributed by atoms with Gasteiger partial charge in [-0.1, -0.05) is 38.5 Å². The van der Waals surface area contributed by atoms with Gasteiger partial charge in [-0.05, 0) is 50.4 Å². The summed E-state index contributed by atoms with van der Waals surface area (Å²) in [6, 6.07) is 10.6. The highest BCUT2D eigenvalue weighted by atomic mass is 16.5. The molecule has 0 aliphatic rings. The van der Waals surface area contributed by atoms with Crippen molar-refractivity contribution in [2.75, 3.05) is 26.7 Å². The van der Waals surface area contributed by atoms with E-state index < -0.39 is 0 Å². The first-order valence-corrected chi connectivity index (χ1v) is 8.44. The predicted octanol–water partition coefficient (Wildman–Crippen LogP) is 4.30. The largest absolute Gasteiger partial charge is 0.476 e. The number of aryl methyl sites for hydroxylation is 1. The van der Waals surface area contributed by atoms with Crippen LogP contribution in [0.3, 0.4) is 0 Å². The van der Waals surface area contributed by atoms with Crippen molar-refractivity contribution in [2.45, 2.75) is 39.5 Å². The summed E-state index contributed by atoms with van der Waals surface area (Å²) < 4.78 is 6.00. The van der Waals surface area contributed by atoms with Crippen molar-refractivity contribution in [3.63, 3.8) is 0 Å². The number of hydrogen-bond donors (Lipinski definition) is 0. The Morgan fingerprint density at radius 2 is 1.91 bits per heavy atom. The van der Waals surface area contributed by atoms with Crippen LogP contribution < -0.4 is 4.74 Å². The van der Waals surface area contributed by atoms with Gasteiger partial charge in [-0.25, -0.2) is 4.98 Å². The number of fused-ring (bicyclic) bond motifs is 1. The highest BCUT2D eigenvalue weighted by molar-refractivity contribution is 5.87. The average Bonchev–Trinajstić information content (AvgIpc) is 2.53. The van der Waals surface area contributed by atoms with Crippen molar-refractivity contribution in [2.24, 2.45) is 0 Å². The number of ether oxygens (including phenoxy) is 1. The molecule has 2 rings (SSSR count). The molecule has 0 atom stereocenters. The van der Waals surface area contributed by atoms with E-state index in [0.717, 1.165) is 36.5 Å². The quantitative estimate of drug-likeness (QED) is 0.690. The topological polar surface area (TPSA) is 25.4 Å². The standard InChI is InChI=1S/C19H28N2O/c1-4-6-10-17-15-16-9-7-8-11-18(16)19(20-17)22-14-13-21(3)12-5-2/h7-9,11,15H,4-6,10,12-14H2,1-3H3. The Kier molecular flexibility index (Phi) is 6.66. The second kappa shape index (κ2) is 8.74. The molecule has 1 aromatic heterocycles. The number of pyridine rings is 1. The zero-order valence-electron chi connectivity index (χ0n) is 14.1. The lowest BCUT2D eigenvalue weighted by Gasteiger charge is -2.16. The van der Waals surface area contributed by atoms with E-state index in [9.17, 15) is 0 Å². The van der Waals surface area contributed by atoms with E-state index in [0.29, 0.717) is 6.61 Å². The Balaban J connectivity index is 2.12. The van der Waals surface area contributed by atoms with Crippen LogP contribution in [0, 0.1) is 0 Å². The number of aromatic nitrogens is 1. The molecule has 0 fully saturated rings.